The van der Waals surface area contributed by atoms with E-state index >= 15 is 0 Å². The quantitative estimate of drug-likeness (QED) is 0.884. The molecule has 0 heterocycles. The molecule has 0 radical (unpaired) electrons. The van der Waals surface area contributed by atoms with Crippen molar-refractivity contribution in [1.29, 1.82) is 0 Å². The Kier molecular flexibility index (Phi) is 5.26. The molecular formula is C16H17F2NO2S. The first-order chi connectivity index (χ1) is 10.4. The van der Waals surface area contributed by atoms with Gasteiger partial charge in [0.1, 0.15) is 16.5 Å². The molecule has 0 aliphatic heterocycles. The van der Waals surface area contributed by atoms with E-state index in [0.717, 1.165) is 24.1 Å². The number of halogens is 2. The van der Waals surface area contributed by atoms with Crippen molar-refractivity contribution in [3.63, 3.8) is 0 Å². The summed E-state index contributed by atoms with van der Waals surface area (Å²) in [7, 11) is -4.09. The van der Waals surface area contributed by atoms with E-state index in [2.05, 4.69) is 4.72 Å². The van der Waals surface area contributed by atoms with Gasteiger partial charge < -0.3 is 0 Å². The highest BCUT2D eigenvalue weighted by molar-refractivity contribution is 7.89. The van der Waals surface area contributed by atoms with Crippen molar-refractivity contribution in [2.75, 3.05) is 6.54 Å². The number of hydrogen-bond donors (Lipinski definition) is 1. The summed E-state index contributed by atoms with van der Waals surface area (Å²) >= 11 is 0. The fourth-order valence-electron chi connectivity index (χ4n) is 2.19. The average Bonchev–Trinajstić information content (AvgIpc) is 2.51. The maximum absolute atomic E-state index is 13.6. The Morgan fingerprint density at radius 3 is 2.41 bits per heavy atom. The van der Waals surface area contributed by atoms with Crippen LogP contribution in [0.25, 0.3) is 0 Å². The first kappa shape index (κ1) is 16.6. The van der Waals surface area contributed by atoms with Crippen molar-refractivity contribution in [1.82, 2.24) is 4.72 Å². The lowest BCUT2D eigenvalue weighted by atomic mass is 9.97. The van der Waals surface area contributed by atoms with Crippen molar-refractivity contribution >= 4 is 10.0 Å². The van der Waals surface area contributed by atoms with Gasteiger partial charge >= 0.3 is 0 Å². The van der Waals surface area contributed by atoms with E-state index in [4.69, 9.17) is 0 Å². The van der Waals surface area contributed by atoms with E-state index in [0.29, 0.717) is 6.07 Å². The van der Waals surface area contributed by atoms with Crippen LogP contribution in [0.1, 0.15) is 24.8 Å². The number of rotatable bonds is 6. The summed E-state index contributed by atoms with van der Waals surface area (Å²) in [5.74, 6) is -1.80. The molecule has 1 atom stereocenters. The maximum atomic E-state index is 13.6. The molecule has 0 aromatic heterocycles. The van der Waals surface area contributed by atoms with Gasteiger partial charge in [-0.1, -0.05) is 37.3 Å². The van der Waals surface area contributed by atoms with Crippen LogP contribution in [-0.2, 0) is 10.0 Å². The van der Waals surface area contributed by atoms with Gasteiger partial charge in [0.15, 0.2) is 0 Å². The molecule has 0 saturated carbocycles. The summed E-state index contributed by atoms with van der Waals surface area (Å²) in [5, 5.41) is 0. The van der Waals surface area contributed by atoms with Gasteiger partial charge in [0, 0.05) is 6.54 Å². The lowest BCUT2D eigenvalue weighted by Gasteiger charge is -2.16. The van der Waals surface area contributed by atoms with Gasteiger partial charge in [-0.3, -0.25) is 0 Å². The van der Waals surface area contributed by atoms with Gasteiger partial charge in [-0.15, -0.1) is 0 Å². The molecule has 0 amide bonds. The Balaban J connectivity index is 2.17. The van der Waals surface area contributed by atoms with Crippen LogP contribution >= 0.6 is 0 Å². The fraction of sp³-hybridized carbons (Fsp3) is 0.250. The Bertz CT molecular complexity index is 733. The zero-order valence-electron chi connectivity index (χ0n) is 12.1. The highest BCUT2D eigenvalue weighted by Gasteiger charge is 2.21. The second-order valence-electron chi connectivity index (χ2n) is 4.94. The molecule has 1 N–H and O–H groups in total. The Labute approximate surface area is 129 Å². The molecule has 0 spiro atoms. The Morgan fingerprint density at radius 1 is 1.09 bits per heavy atom. The summed E-state index contributed by atoms with van der Waals surface area (Å²) in [5.41, 5.74) is 0.993. The highest BCUT2D eigenvalue weighted by atomic mass is 32.2. The van der Waals surface area contributed by atoms with Gasteiger partial charge in [0.05, 0.1) is 0 Å². The van der Waals surface area contributed by atoms with Crippen molar-refractivity contribution in [2.24, 2.45) is 0 Å². The van der Waals surface area contributed by atoms with Gasteiger partial charge in [-0.25, -0.2) is 21.9 Å². The van der Waals surface area contributed by atoms with E-state index in [1.165, 1.54) is 0 Å². The smallest absolute Gasteiger partial charge is 0.210 e. The van der Waals surface area contributed by atoms with Crippen molar-refractivity contribution in [2.45, 2.75) is 24.2 Å². The molecule has 0 aliphatic rings. The van der Waals surface area contributed by atoms with Crippen LogP contribution in [0, 0.1) is 11.6 Å². The third-order valence-corrected chi connectivity index (χ3v) is 4.90. The molecule has 2 aromatic rings. The van der Waals surface area contributed by atoms with E-state index in [9.17, 15) is 17.2 Å². The average molecular weight is 325 g/mol. The monoisotopic (exact) mass is 325 g/mol. The predicted octanol–water partition coefficient (Wildman–Crippen LogP) is 3.44. The summed E-state index contributed by atoms with van der Waals surface area (Å²) < 4.78 is 53.4. The van der Waals surface area contributed by atoms with E-state index in [1.54, 1.807) is 0 Å². The first-order valence-electron chi connectivity index (χ1n) is 6.93. The summed E-state index contributed by atoms with van der Waals surface area (Å²) in [6.45, 7) is 2.06. The zero-order chi connectivity index (χ0) is 16.2. The third-order valence-electron chi connectivity index (χ3n) is 3.47. The van der Waals surface area contributed by atoms with E-state index < -0.39 is 26.6 Å². The molecule has 0 aliphatic carbocycles. The molecule has 1 unspecified atom stereocenters. The van der Waals surface area contributed by atoms with Gasteiger partial charge in [0.2, 0.25) is 10.0 Å². The van der Waals surface area contributed by atoms with Crippen LogP contribution in [0.15, 0.2) is 53.4 Å². The standard InChI is InChI=1S/C16H17F2NO2S/c1-2-12(13-6-4-3-5-7-13)11-19-22(20,21)16-10-14(17)8-9-15(16)18/h3-10,12,19H,2,11H2,1H3. The molecule has 0 fully saturated rings. The lowest BCUT2D eigenvalue weighted by Crippen LogP contribution is -2.29. The second kappa shape index (κ2) is 6.98. The van der Waals surface area contributed by atoms with Crippen LogP contribution < -0.4 is 4.72 Å². The molecule has 6 heteroatoms. The summed E-state index contributed by atoms with van der Waals surface area (Å²) in [6, 6.07) is 11.8. The molecule has 2 rings (SSSR count). The maximum Gasteiger partial charge on any atom is 0.243 e. The van der Waals surface area contributed by atoms with Crippen LogP contribution in [0.2, 0.25) is 0 Å². The van der Waals surface area contributed by atoms with Gasteiger partial charge in [0.25, 0.3) is 0 Å². The van der Waals surface area contributed by atoms with Gasteiger partial charge in [-0.05, 0) is 36.1 Å². The minimum atomic E-state index is -4.09. The lowest BCUT2D eigenvalue weighted by molar-refractivity contribution is 0.539. The van der Waals surface area contributed by atoms with Crippen molar-refractivity contribution in [3.05, 3.63) is 65.7 Å². The number of benzene rings is 2. The Morgan fingerprint density at radius 2 is 1.77 bits per heavy atom. The van der Waals surface area contributed by atoms with Gasteiger partial charge in [-0.2, -0.15) is 0 Å². The van der Waals surface area contributed by atoms with Crippen molar-refractivity contribution in [3.8, 4) is 0 Å². The normalized spacial score (nSPS) is 13.0. The largest absolute Gasteiger partial charge is 0.243 e. The topological polar surface area (TPSA) is 46.2 Å². The van der Waals surface area contributed by atoms with Crippen LogP contribution in [-0.4, -0.2) is 15.0 Å². The summed E-state index contributed by atoms with van der Waals surface area (Å²) in [4.78, 5) is -0.671. The molecule has 0 saturated heterocycles. The number of sulfonamides is 1. The molecular weight excluding hydrogens is 308 g/mol. The zero-order valence-corrected chi connectivity index (χ0v) is 12.9. The molecule has 3 nitrogen and oxygen atoms in total. The second-order valence-corrected chi connectivity index (χ2v) is 6.68. The SMILES string of the molecule is CCC(CNS(=O)(=O)c1cc(F)ccc1F)c1ccccc1. The van der Waals surface area contributed by atoms with Crippen LogP contribution in [0.5, 0.6) is 0 Å². The predicted molar refractivity (Wildman–Crippen MR) is 81.0 cm³/mol. The molecule has 22 heavy (non-hydrogen) atoms. The van der Waals surface area contributed by atoms with E-state index in [1.807, 2.05) is 37.3 Å². The summed E-state index contributed by atoms with van der Waals surface area (Å²) in [6.07, 6.45) is 0.720. The fourth-order valence-corrected chi connectivity index (χ4v) is 3.36. The molecule has 118 valence electrons. The Hall–Kier alpha value is -1.79. The third kappa shape index (κ3) is 3.90. The van der Waals surface area contributed by atoms with Crippen LogP contribution in [0.4, 0.5) is 8.78 Å². The van der Waals surface area contributed by atoms with Crippen molar-refractivity contribution < 1.29 is 17.2 Å². The number of nitrogens with one attached hydrogen (secondary N) is 1. The molecule has 0 bridgehead atoms. The minimum absolute atomic E-state index is 0.0346. The first-order valence-corrected chi connectivity index (χ1v) is 8.42. The van der Waals surface area contributed by atoms with Crippen LogP contribution in [0.3, 0.4) is 0 Å². The highest BCUT2D eigenvalue weighted by Crippen LogP contribution is 2.20. The van der Waals surface area contributed by atoms with E-state index in [-0.39, 0.29) is 12.5 Å². The number of hydrogen-bond acceptors (Lipinski definition) is 2. The molecule has 2 aromatic carbocycles. The minimum Gasteiger partial charge on any atom is -0.210 e.